The minimum Gasteiger partial charge on any atom is -0.250 e. The summed E-state index contributed by atoms with van der Waals surface area (Å²) in [7, 11) is 0. The van der Waals surface area contributed by atoms with E-state index in [1.165, 1.54) is 25.9 Å². The van der Waals surface area contributed by atoms with E-state index in [1.54, 1.807) is 0 Å². The van der Waals surface area contributed by atoms with Crippen LogP contribution in [0.5, 0.6) is 0 Å². The van der Waals surface area contributed by atoms with Gasteiger partial charge in [0.25, 0.3) is 0 Å². The molecule has 1 aliphatic heterocycles. The molecule has 1 fully saturated rings. The van der Waals surface area contributed by atoms with Gasteiger partial charge in [-0.1, -0.05) is 32.7 Å². The molecule has 1 nitrogen and oxygen atoms in total. The Morgan fingerprint density at radius 2 is 1.38 bits per heavy atom. The largest absolute Gasteiger partial charge is 0.250 e. The highest BCUT2D eigenvalue weighted by atomic mass is 32.2. The Morgan fingerprint density at radius 3 is 1.77 bits per heavy atom. The summed E-state index contributed by atoms with van der Waals surface area (Å²) in [5.74, 6) is 0. The highest BCUT2D eigenvalue weighted by molar-refractivity contribution is 7.98. The fourth-order valence-corrected chi connectivity index (χ4v) is 2.60. The van der Waals surface area contributed by atoms with Crippen molar-refractivity contribution in [2.75, 3.05) is 13.1 Å². The second kappa shape index (κ2) is 3.82. The number of nitrogens with zero attached hydrogens (tertiary/aromatic N) is 1. The summed E-state index contributed by atoms with van der Waals surface area (Å²) >= 11 is 2.05. The van der Waals surface area contributed by atoms with E-state index in [0.717, 1.165) is 0 Å². The van der Waals surface area contributed by atoms with Gasteiger partial charge in [-0.05, 0) is 32.1 Å². The van der Waals surface area contributed by atoms with E-state index < -0.39 is 0 Å². The molecule has 1 saturated heterocycles. The second-order valence-electron chi connectivity index (χ2n) is 5.49. The van der Waals surface area contributed by atoms with E-state index in [2.05, 4.69) is 38.9 Å². The normalized spacial score (nSPS) is 21.0. The zero-order valence-corrected chi connectivity index (χ0v) is 10.5. The molecule has 78 valence electrons. The molecule has 0 saturated carbocycles. The molecule has 0 aromatic rings. The Balaban J connectivity index is 2.50. The summed E-state index contributed by atoms with van der Waals surface area (Å²) in [4.78, 5) is 0. The lowest BCUT2D eigenvalue weighted by Gasteiger charge is -2.40. The van der Waals surface area contributed by atoms with Crippen LogP contribution in [0.1, 0.15) is 47.5 Å². The van der Waals surface area contributed by atoms with Gasteiger partial charge in [0, 0.05) is 17.8 Å². The molecule has 0 spiro atoms. The third kappa shape index (κ3) is 2.88. The van der Waals surface area contributed by atoms with E-state index >= 15 is 0 Å². The Hall–Kier alpha value is 0.310. The lowest BCUT2D eigenvalue weighted by molar-refractivity contribution is 0.313. The van der Waals surface area contributed by atoms with Crippen LogP contribution in [0.2, 0.25) is 0 Å². The Labute approximate surface area is 87.4 Å². The van der Waals surface area contributed by atoms with Crippen LogP contribution in [-0.2, 0) is 0 Å². The summed E-state index contributed by atoms with van der Waals surface area (Å²) in [6.07, 6.45) is 2.76. The highest BCUT2D eigenvalue weighted by Gasteiger charge is 2.35. The molecule has 0 aliphatic carbocycles. The highest BCUT2D eigenvalue weighted by Crippen LogP contribution is 2.43. The van der Waals surface area contributed by atoms with E-state index in [4.69, 9.17) is 0 Å². The molecular formula is C11H23NS. The van der Waals surface area contributed by atoms with Crippen molar-refractivity contribution in [1.29, 1.82) is 0 Å². The van der Waals surface area contributed by atoms with Gasteiger partial charge >= 0.3 is 0 Å². The predicted octanol–water partition coefficient (Wildman–Crippen LogP) is 3.56. The molecule has 0 aromatic carbocycles. The van der Waals surface area contributed by atoms with Gasteiger partial charge in [0.1, 0.15) is 0 Å². The van der Waals surface area contributed by atoms with Gasteiger partial charge in [-0.15, -0.1) is 0 Å². The lowest BCUT2D eigenvalue weighted by atomic mass is 9.83. The SMILES string of the molecule is CC(C)(C)C(C)(C)SN1CCCC1. The molecule has 1 rings (SSSR count). The van der Waals surface area contributed by atoms with E-state index in [1.807, 2.05) is 11.9 Å². The molecule has 0 radical (unpaired) electrons. The van der Waals surface area contributed by atoms with Crippen molar-refractivity contribution in [2.24, 2.45) is 5.41 Å². The average Bonchev–Trinajstić information content (AvgIpc) is 2.35. The van der Waals surface area contributed by atoms with Crippen LogP contribution >= 0.6 is 11.9 Å². The summed E-state index contributed by atoms with van der Waals surface area (Å²) < 4.78 is 2.88. The van der Waals surface area contributed by atoms with Crippen molar-refractivity contribution in [3.05, 3.63) is 0 Å². The van der Waals surface area contributed by atoms with Crippen molar-refractivity contribution in [3.8, 4) is 0 Å². The molecule has 1 aliphatic rings. The molecule has 0 atom stereocenters. The molecule has 0 N–H and O–H groups in total. The number of rotatable bonds is 2. The smallest absolute Gasteiger partial charge is 0.0299 e. The molecule has 0 unspecified atom stereocenters. The van der Waals surface area contributed by atoms with Crippen molar-refractivity contribution in [3.63, 3.8) is 0 Å². The molecule has 2 heteroatoms. The van der Waals surface area contributed by atoms with Gasteiger partial charge < -0.3 is 0 Å². The van der Waals surface area contributed by atoms with Gasteiger partial charge in [0.2, 0.25) is 0 Å². The summed E-state index contributed by atoms with van der Waals surface area (Å²) in [6.45, 7) is 14.3. The maximum Gasteiger partial charge on any atom is 0.0299 e. The van der Waals surface area contributed by atoms with Crippen LogP contribution in [0.25, 0.3) is 0 Å². The lowest BCUT2D eigenvalue weighted by Crippen LogP contribution is -2.36. The summed E-state index contributed by atoms with van der Waals surface area (Å²) in [6, 6.07) is 0. The maximum atomic E-state index is 2.53. The fourth-order valence-electron chi connectivity index (χ4n) is 1.24. The monoisotopic (exact) mass is 201 g/mol. The van der Waals surface area contributed by atoms with Gasteiger partial charge in [-0.25, -0.2) is 0 Å². The van der Waals surface area contributed by atoms with Crippen LogP contribution in [0.3, 0.4) is 0 Å². The number of hydrogen-bond donors (Lipinski definition) is 0. The Morgan fingerprint density at radius 1 is 0.923 bits per heavy atom. The second-order valence-corrected chi connectivity index (χ2v) is 7.21. The van der Waals surface area contributed by atoms with Crippen molar-refractivity contribution >= 4 is 11.9 Å². The van der Waals surface area contributed by atoms with Crippen LogP contribution in [0, 0.1) is 5.41 Å². The first-order chi connectivity index (χ1) is 5.83. The first-order valence-corrected chi connectivity index (χ1v) is 6.04. The van der Waals surface area contributed by atoms with E-state index in [-0.39, 0.29) is 0 Å². The van der Waals surface area contributed by atoms with Gasteiger partial charge in [0.15, 0.2) is 0 Å². The molecule has 13 heavy (non-hydrogen) atoms. The quantitative estimate of drug-likeness (QED) is 0.629. The maximum absolute atomic E-state index is 2.53. The average molecular weight is 201 g/mol. The van der Waals surface area contributed by atoms with Crippen LogP contribution in [0.4, 0.5) is 0 Å². The Bertz CT molecular complexity index is 163. The summed E-state index contributed by atoms with van der Waals surface area (Å²) in [5.41, 5.74) is 0.375. The van der Waals surface area contributed by atoms with Gasteiger partial charge in [-0.3, -0.25) is 4.31 Å². The fraction of sp³-hybridized carbons (Fsp3) is 1.00. The standard InChI is InChI=1S/C11H23NS/c1-10(2,3)11(4,5)13-12-8-6-7-9-12/h6-9H2,1-5H3. The molecule has 0 aromatic heterocycles. The van der Waals surface area contributed by atoms with Crippen LogP contribution in [0.15, 0.2) is 0 Å². The van der Waals surface area contributed by atoms with Gasteiger partial charge in [0.05, 0.1) is 0 Å². The van der Waals surface area contributed by atoms with E-state index in [0.29, 0.717) is 10.2 Å². The topological polar surface area (TPSA) is 3.24 Å². The first-order valence-electron chi connectivity index (χ1n) is 5.27. The molecule has 1 heterocycles. The summed E-state index contributed by atoms with van der Waals surface area (Å²) in [5, 5.41) is 0. The molecule has 0 bridgehead atoms. The molecule has 0 amide bonds. The molecular weight excluding hydrogens is 178 g/mol. The Kier molecular flexibility index (Phi) is 3.34. The predicted molar refractivity (Wildman–Crippen MR) is 61.9 cm³/mol. The zero-order valence-electron chi connectivity index (χ0n) is 9.68. The third-order valence-electron chi connectivity index (χ3n) is 3.23. The number of hydrogen-bond acceptors (Lipinski definition) is 2. The van der Waals surface area contributed by atoms with Gasteiger partial charge in [-0.2, -0.15) is 0 Å². The minimum absolute atomic E-state index is 0.345. The first kappa shape index (κ1) is 11.4. The van der Waals surface area contributed by atoms with Crippen molar-refractivity contribution in [1.82, 2.24) is 4.31 Å². The van der Waals surface area contributed by atoms with Crippen molar-refractivity contribution < 1.29 is 0 Å². The van der Waals surface area contributed by atoms with E-state index in [9.17, 15) is 0 Å². The third-order valence-corrected chi connectivity index (χ3v) is 4.92. The van der Waals surface area contributed by atoms with Crippen LogP contribution < -0.4 is 0 Å². The zero-order chi connectivity index (χ0) is 10.1. The minimum atomic E-state index is 0.345. The van der Waals surface area contributed by atoms with Crippen molar-refractivity contribution in [2.45, 2.75) is 52.2 Å². The van der Waals surface area contributed by atoms with Crippen LogP contribution in [-0.4, -0.2) is 22.1 Å².